The number of tetrazole rings is 2. The molecule has 2 aliphatic carbocycles. The van der Waals surface area contributed by atoms with E-state index < -0.39 is 0 Å². The van der Waals surface area contributed by atoms with Gasteiger partial charge in [-0.05, 0) is 72.9 Å². The van der Waals surface area contributed by atoms with Crippen molar-refractivity contribution in [2.24, 2.45) is 0 Å². The average molecular weight is 717 g/mol. The number of ether oxygens (including phenoxy) is 1. The van der Waals surface area contributed by atoms with Crippen LogP contribution in [-0.2, 0) is 4.74 Å². The molecule has 2 atom stereocenters. The van der Waals surface area contributed by atoms with Crippen molar-refractivity contribution in [1.29, 1.82) is 0 Å². The first-order valence-corrected chi connectivity index (χ1v) is 19.5. The highest BCUT2D eigenvalue weighted by Crippen LogP contribution is 2.38. The smallest absolute Gasteiger partial charge is 0.182 e. The van der Waals surface area contributed by atoms with Crippen LogP contribution in [0.4, 0.5) is 0 Å². The minimum atomic E-state index is -0.0683. The Morgan fingerprint density at radius 1 is 0.667 bits per heavy atom. The van der Waals surface area contributed by atoms with Gasteiger partial charge in [0, 0.05) is 35.8 Å². The normalized spacial score (nSPS) is 16.5. The molecule has 0 bridgehead atoms. The molecule has 8 rings (SSSR count). The maximum Gasteiger partial charge on any atom is 0.182 e. The largest absolute Gasteiger partial charge is 0.381 e. The number of nitrogens with zero attached hydrogens (tertiary/aromatic N) is 8. The fourth-order valence-corrected chi connectivity index (χ4v) is 8.24. The van der Waals surface area contributed by atoms with Gasteiger partial charge in [-0.2, -0.15) is 10.4 Å². The Bertz CT molecular complexity index is 1900. The Kier molecular flexibility index (Phi) is 10.5. The molecule has 6 aromatic rings. The molecule has 0 spiro atoms. The van der Waals surface area contributed by atoms with Crippen LogP contribution in [0.1, 0.15) is 130 Å². The van der Waals surface area contributed by atoms with E-state index in [2.05, 4.69) is 125 Å². The van der Waals surface area contributed by atoms with E-state index >= 15 is 0 Å². The van der Waals surface area contributed by atoms with E-state index in [0.29, 0.717) is 49.5 Å². The predicted octanol–water partition coefficient (Wildman–Crippen LogP) is 8.26. The number of H-pyrrole nitrogens is 2. The number of nitrogens with one attached hydrogen (secondary N) is 2. The van der Waals surface area contributed by atoms with Crippen LogP contribution in [0.2, 0.25) is 0 Å². The van der Waals surface area contributed by atoms with Crippen molar-refractivity contribution in [3.05, 3.63) is 115 Å². The van der Waals surface area contributed by atoms with Crippen LogP contribution in [0.15, 0.2) is 59.3 Å². The molecule has 0 aliphatic heterocycles. The number of benzene rings is 2. The van der Waals surface area contributed by atoms with Crippen LogP contribution < -0.4 is 0 Å². The van der Waals surface area contributed by atoms with Crippen molar-refractivity contribution < 1.29 is 4.74 Å². The van der Waals surface area contributed by atoms with Gasteiger partial charge in [0.05, 0.1) is 23.2 Å². The van der Waals surface area contributed by atoms with Gasteiger partial charge < -0.3 is 4.74 Å². The summed E-state index contributed by atoms with van der Waals surface area (Å²) in [7, 11) is 0. The van der Waals surface area contributed by atoms with E-state index in [1.54, 1.807) is 22.7 Å². The molecule has 51 heavy (non-hydrogen) atoms. The molecule has 4 aromatic heterocycles. The Hall–Kier alpha value is -4.72. The van der Waals surface area contributed by atoms with Crippen molar-refractivity contribution in [2.45, 2.75) is 75.0 Å². The van der Waals surface area contributed by atoms with Gasteiger partial charge in [-0.15, -0.1) is 43.1 Å². The molecule has 2 saturated carbocycles. The van der Waals surface area contributed by atoms with Crippen LogP contribution in [0, 0.1) is 0 Å². The van der Waals surface area contributed by atoms with Crippen molar-refractivity contribution in [3.63, 3.8) is 0 Å². The summed E-state index contributed by atoms with van der Waals surface area (Å²) in [6.45, 7) is 1.06. The number of hydrogen-bond donors (Lipinski definition) is 2. The van der Waals surface area contributed by atoms with Gasteiger partial charge in [-0.25, -0.2) is 9.97 Å². The van der Waals surface area contributed by atoms with E-state index in [1.807, 2.05) is 0 Å². The summed E-state index contributed by atoms with van der Waals surface area (Å²) >= 11 is 3.42. The van der Waals surface area contributed by atoms with Gasteiger partial charge >= 0.3 is 0 Å². The molecular formula is C38H40N10OS2. The van der Waals surface area contributed by atoms with Gasteiger partial charge in [0.25, 0.3) is 0 Å². The summed E-state index contributed by atoms with van der Waals surface area (Å²) in [5.74, 6) is 2.45. The minimum Gasteiger partial charge on any atom is -0.381 e. The standard InChI is InChI=1S/C38H40N10OS2/c1-5-25(13-15-35-39-33(23-50-35)27-7-3-8-27)21-29(11-1)31(37-41-45-46-42-37)17-19-49-20-18-32(38-43-47-48-44-38)30-12-2-6-26(22-30)14-16-36-40-34(24-51-36)28-9-4-10-28/h1-2,5-6,11-16,21-24,27-28,31-32H,3-4,7-10,17-20H2,(H,41,42,45,46)(H,43,44,47,48)/b15-13+,16-14+. The van der Waals surface area contributed by atoms with Crippen molar-refractivity contribution in [2.75, 3.05) is 13.2 Å². The fraction of sp³-hybridized carbons (Fsp3) is 0.368. The van der Waals surface area contributed by atoms with E-state index in [9.17, 15) is 0 Å². The van der Waals surface area contributed by atoms with E-state index in [4.69, 9.17) is 14.7 Å². The highest BCUT2D eigenvalue weighted by Gasteiger charge is 2.24. The van der Waals surface area contributed by atoms with Crippen molar-refractivity contribution in [1.82, 2.24) is 51.2 Å². The summed E-state index contributed by atoms with van der Waals surface area (Å²) in [5, 5.41) is 36.8. The molecule has 2 unspecified atom stereocenters. The number of thiazole rings is 2. The number of aromatic amines is 2. The quantitative estimate of drug-likeness (QED) is 0.0946. The highest BCUT2D eigenvalue weighted by atomic mass is 32.1. The van der Waals surface area contributed by atoms with E-state index in [-0.39, 0.29) is 11.8 Å². The molecule has 0 amide bonds. The Morgan fingerprint density at radius 3 is 1.57 bits per heavy atom. The molecule has 11 nitrogen and oxygen atoms in total. The number of aromatic nitrogens is 10. The zero-order chi connectivity index (χ0) is 34.2. The number of rotatable bonds is 16. The van der Waals surface area contributed by atoms with Crippen LogP contribution >= 0.6 is 22.7 Å². The van der Waals surface area contributed by atoms with Crippen molar-refractivity contribution >= 4 is 47.0 Å². The SMILES string of the molecule is C(=C\c1nc(C2CCC2)cs1)/c1cccc(C(CCOCCC(c2cccc(/C=C/c3nc(C4CCC4)cs3)c2)c2nn[nH]n2)c2nn[nH]n2)c1. The first kappa shape index (κ1) is 33.4. The zero-order valence-corrected chi connectivity index (χ0v) is 29.9. The van der Waals surface area contributed by atoms with Crippen LogP contribution in [0.3, 0.4) is 0 Å². The van der Waals surface area contributed by atoms with Crippen LogP contribution in [0.5, 0.6) is 0 Å². The Labute approximate surface area is 304 Å². The summed E-state index contributed by atoms with van der Waals surface area (Å²) in [6.07, 6.45) is 17.6. The highest BCUT2D eigenvalue weighted by molar-refractivity contribution is 7.10. The zero-order valence-electron chi connectivity index (χ0n) is 28.3. The van der Waals surface area contributed by atoms with Gasteiger partial charge in [-0.3, -0.25) is 0 Å². The van der Waals surface area contributed by atoms with Gasteiger partial charge in [0.15, 0.2) is 11.6 Å². The second kappa shape index (κ2) is 16.1. The molecule has 13 heteroatoms. The fourth-order valence-electron chi connectivity index (χ4n) is 6.66. The first-order valence-electron chi connectivity index (χ1n) is 17.8. The molecule has 2 aromatic carbocycles. The summed E-state index contributed by atoms with van der Waals surface area (Å²) in [4.78, 5) is 9.70. The van der Waals surface area contributed by atoms with E-state index in [0.717, 1.165) is 32.3 Å². The third-order valence-corrected chi connectivity index (χ3v) is 11.7. The van der Waals surface area contributed by atoms with Gasteiger partial charge in [0.2, 0.25) is 0 Å². The lowest BCUT2D eigenvalue weighted by Crippen LogP contribution is -2.11. The first-order chi connectivity index (χ1) is 25.2. The topological polar surface area (TPSA) is 144 Å². The lowest BCUT2D eigenvalue weighted by atomic mass is 9.83. The van der Waals surface area contributed by atoms with Crippen LogP contribution in [-0.4, -0.2) is 64.4 Å². The molecule has 0 saturated heterocycles. The summed E-state index contributed by atoms with van der Waals surface area (Å²) in [5.41, 5.74) is 6.92. The molecule has 4 heterocycles. The second-order valence-corrected chi connectivity index (χ2v) is 15.1. The number of hydrogen-bond acceptors (Lipinski definition) is 11. The Morgan fingerprint density at radius 2 is 1.16 bits per heavy atom. The lowest BCUT2D eigenvalue weighted by Gasteiger charge is -2.22. The Balaban J connectivity index is 0.893. The molecule has 2 aliphatic rings. The lowest BCUT2D eigenvalue weighted by molar-refractivity contribution is 0.123. The van der Waals surface area contributed by atoms with Gasteiger partial charge in [-0.1, -0.05) is 84.0 Å². The third-order valence-electron chi connectivity index (χ3n) is 10.0. The molecule has 0 radical (unpaired) electrons. The molecular weight excluding hydrogens is 677 g/mol. The average Bonchev–Trinajstić information content (AvgIpc) is 3.95. The maximum absolute atomic E-state index is 6.26. The minimum absolute atomic E-state index is 0.0683. The third kappa shape index (κ3) is 8.27. The van der Waals surface area contributed by atoms with Crippen LogP contribution in [0.25, 0.3) is 24.3 Å². The van der Waals surface area contributed by atoms with Crippen molar-refractivity contribution in [3.8, 4) is 0 Å². The van der Waals surface area contributed by atoms with Gasteiger partial charge in [0.1, 0.15) is 10.0 Å². The molecule has 2 fully saturated rings. The van der Waals surface area contributed by atoms with E-state index in [1.165, 1.54) is 49.9 Å². The molecule has 2 N–H and O–H groups in total. The summed E-state index contributed by atoms with van der Waals surface area (Å²) < 4.78 is 6.26. The molecule has 260 valence electrons. The monoisotopic (exact) mass is 716 g/mol. The maximum atomic E-state index is 6.26. The summed E-state index contributed by atoms with van der Waals surface area (Å²) in [6, 6.07) is 17.0. The predicted molar refractivity (Wildman–Crippen MR) is 200 cm³/mol. The second-order valence-electron chi connectivity index (χ2n) is 13.3.